The maximum Gasteiger partial charge on any atom is 0.231 e. The van der Waals surface area contributed by atoms with E-state index < -0.39 is 0 Å². The molecular formula is C20H19N5O2. The molecule has 1 amide bonds. The van der Waals surface area contributed by atoms with Crippen molar-refractivity contribution in [2.75, 3.05) is 4.90 Å². The molecule has 2 aromatic heterocycles. The van der Waals surface area contributed by atoms with Gasteiger partial charge in [-0.15, -0.1) is 0 Å². The van der Waals surface area contributed by atoms with E-state index in [1.54, 1.807) is 23.5 Å². The molecule has 2 fully saturated rings. The molecule has 2 saturated carbocycles. The van der Waals surface area contributed by atoms with Crippen molar-refractivity contribution in [2.45, 2.75) is 38.1 Å². The summed E-state index contributed by atoms with van der Waals surface area (Å²) in [7, 11) is 0. The Morgan fingerprint density at radius 3 is 2.59 bits per heavy atom. The average Bonchev–Trinajstić information content (AvgIpc) is 3.65. The van der Waals surface area contributed by atoms with Crippen molar-refractivity contribution in [3.05, 3.63) is 54.3 Å². The van der Waals surface area contributed by atoms with E-state index in [4.69, 9.17) is 4.52 Å². The van der Waals surface area contributed by atoms with E-state index in [0.717, 1.165) is 42.7 Å². The van der Waals surface area contributed by atoms with Crippen LogP contribution in [0.25, 0.3) is 11.4 Å². The monoisotopic (exact) mass is 361 g/mol. The predicted octanol–water partition coefficient (Wildman–Crippen LogP) is 3.35. The molecule has 2 aliphatic carbocycles. The van der Waals surface area contributed by atoms with Crippen LogP contribution in [-0.2, 0) is 11.3 Å². The van der Waals surface area contributed by atoms with E-state index in [2.05, 4.69) is 20.1 Å². The summed E-state index contributed by atoms with van der Waals surface area (Å²) >= 11 is 0. The smallest absolute Gasteiger partial charge is 0.231 e. The minimum atomic E-state index is 0.117. The summed E-state index contributed by atoms with van der Waals surface area (Å²) < 4.78 is 5.33. The molecule has 2 aliphatic rings. The fourth-order valence-corrected chi connectivity index (χ4v) is 3.04. The summed E-state index contributed by atoms with van der Waals surface area (Å²) in [5, 5.41) is 4.08. The van der Waals surface area contributed by atoms with Crippen molar-refractivity contribution in [1.29, 1.82) is 0 Å². The maximum absolute atomic E-state index is 12.7. The number of amides is 1. The first-order valence-electron chi connectivity index (χ1n) is 9.28. The molecule has 1 aromatic carbocycles. The Bertz CT molecular complexity index is 946. The van der Waals surface area contributed by atoms with Gasteiger partial charge in [0.25, 0.3) is 0 Å². The van der Waals surface area contributed by atoms with Gasteiger partial charge in [-0.05, 0) is 31.2 Å². The van der Waals surface area contributed by atoms with Gasteiger partial charge in [-0.3, -0.25) is 14.7 Å². The van der Waals surface area contributed by atoms with Crippen LogP contribution in [-0.4, -0.2) is 26.0 Å². The number of benzene rings is 1. The number of hydrogen-bond donors (Lipinski definition) is 0. The van der Waals surface area contributed by atoms with Crippen LogP contribution in [0.1, 0.15) is 43.1 Å². The fraction of sp³-hybridized carbons (Fsp3) is 0.350. The lowest BCUT2D eigenvalue weighted by atomic mass is 10.1. The zero-order valence-electron chi connectivity index (χ0n) is 14.8. The number of carbonyl (C=O) groups is 1. The highest BCUT2D eigenvalue weighted by atomic mass is 16.5. The van der Waals surface area contributed by atoms with E-state index in [9.17, 15) is 4.79 Å². The lowest BCUT2D eigenvalue weighted by Gasteiger charge is -2.21. The van der Waals surface area contributed by atoms with Crippen molar-refractivity contribution in [1.82, 2.24) is 20.1 Å². The molecule has 136 valence electrons. The first-order chi connectivity index (χ1) is 13.3. The van der Waals surface area contributed by atoms with Gasteiger partial charge in [0.1, 0.15) is 0 Å². The summed E-state index contributed by atoms with van der Waals surface area (Å²) in [6, 6.07) is 7.92. The van der Waals surface area contributed by atoms with Crippen molar-refractivity contribution in [3.63, 3.8) is 0 Å². The molecule has 0 atom stereocenters. The van der Waals surface area contributed by atoms with Crippen LogP contribution in [0.4, 0.5) is 5.82 Å². The second kappa shape index (κ2) is 6.57. The minimum absolute atomic E-state index is 0.117. The second-order valence-corrected chi connectivity index (χ2v) is 7.19. The lowest BCUT2D eigenvalue weighted by Crippen LogP contribution is -2.32. The standard InChI is InChI=1S/C20H19N5O2/c26-20(16-7-8-16)25(17-11-21-9-10-22-17)12-13-1-3-14(4-2-13)18-23-19(27-24-18)15-5-6-15/h1-4,9-11,15-16H,5-8,12H2. The van der Waals surface area contributed by atoms with E-state index in [-0.39, 0.29) is 11.8 Å². The molecule has 0 radical (unpaired) electrons. The van der Waals surface area contributed by atoms with Gasteiger partial charge in [0.15, 0.2) is 5.82 Å². The third kappa shape index (κ3) is 3.45. The van der Waals surface area contributed by atoms with Gasteiger partial charge < -0.3 is 4.52 Å². The third-order valence-corrected chi connectivity index (χ3v) is 4.94. The first-order valence-corrected chi connectivity index (χ1v) is 9.28. The highest BCUT2D eigenvalue weighted by molar-refractivity contribution is 5.95. The summed E-state index contributed by atoms with van der Waals surface area (Å²) in [4.78, 5) is 27.3. The molecule has 0 bridgehead atoms. The van der Waals surface area contributed by atoms with Crippen LogP contribution in [0.5, 0.6) is 0 Å². The Balaban J connectivity index is 1.35. The highest BCUT2D eigenvalue weighted by Crippen LogP contribution is 2.39. The summed E-state index contributed by atoms with van der Waals surface area (Å²) in [6.45, 7) is 0.466. The van der Waals surface area contributed by atoms with Gasteiger partial charge in [0.2, 0.25) is 17.6 Å². The van der Waals surface area contributed by atoms with Crippen molar-refractivity contribution in [3.8, 4) is 11.4 Å². The van der Waals surface area contributed by atoms with Crippen LogP contribution >= 0.6 is 0 Å². The Morgan fingerprint density at radius 1 is 1.11 bits per heavy atom. The van der Waals surface area contributed by atoms with E-state index in [1.165, 1.54) is 0 Å². The largest absolute Gasteiger partial charge is 0.339 e. The number of aromatic nitrogens is 4. The van der Waals surface area contributed by atoms with Crippen LogP contribution in [0.3, 0.4) is 0 Å². The van der Waals surface area contributed by atoms with Crippen LogP contribution in [0, 0.1) is 5.92 Å². The summed E-state index contributed by atoms with van der Waals surface area (Å²) in [6.07, 6.45) is 9.03. The molecule has 5 rings (SSSR count). The third-order valence-electron chi connectivity index (χ3n) is 4.94. The Kier molecular flexibility index (Phi) is 3.92. The topological polar surface area (TPSA) is 85.0 Å². The molecule has 7 heteroatoms. The van der Waals surface area contributed by atoms with Gasteiger partial charge >= 0.3 is 0 Å². The molecule has 27 heavy (non-hydrogen) atoms. The van der Waals surface area contributed by atoms with Gasteiger partial charge in [-0.2, -0.15) is 4.98 Å². The number of rotatable bonds is 6. The second-order valence-electron chi connectivity index (χ2n) is 7.19. The van der Waals surface area contributed by atoms with Gasteiger partial charge in [-0.1, -0.05) is 29.4 Å². The molecule has 0 spiro atoms. The van der Waals surface area contributed by atoms with Gasteiger partial charge in [0.05, 0.1) is 12.7 Å². The van der Waals surface area contributed by atoms with E-state index >= 15 is 0 Å². The SMILES string of the molecule is O=C(C1CC1)N(Cc1ccc(-c2noc(C3CC3)n2)cc1)c1cnccn1. The van der Waals surface area contributed by atoms with Crippen molar-refractivity contribution in [2.24, 2.45) is 5.92 Å². The Labute approximate surface area is 156 Å². The number of hydrogen-bond acceptors (Lipinski definition) is 6. The normalized spacial score (nSPS) is 16.3. The molecule has 7 nitrogen and oxygen atoms in total. The first kappa shape index (κ1) is 16.1. The molecule has 0 unspecified atom stereocenters. The average molecular weight is 361 g/mol. The Morgan fingerprint density at radius 2 is 1.93 bits per heavy atom. The molecule has 0 N–H and O–H groups in total. The zero-order valence-corrected chi connectivity index (χ0v) is 14.8. The Hall–Kier alpha value is -3.09. The molecule has 2 heterocycles. The lowest BCUT2D eigenvalue weighted by molar-refractivity contribution is -0.119. The number of nitrogens with zero attached hydrogens (tertiary/aromatic N) is 5. The van der Waals surface area contributed by atoms with Crippen LogP contribution in [0.2, 0.25) is 0 Å². The quantitative estimate of drug-likeness (QED) is 0.669. The molecule has 0 aliphatic heterocycles. The zero-order chi connectivity index (χ0) is 18.2. The fourth-order valence-electron chi connectivity index (χ4n) is 3.04. The molecule has 3 aromatic rings. The van der Waals surface area contributed by atoms with Gasteiger partial charge in [0, 0.05) is 29.8 Å². The van der Waals surface area contributed by atoms with E-state index in [1.807, 2.05) is 24.3 Å². The predicted molar refractivity (Wildman–Crippen MR) is 97.7 cm³/mol. The minimum Gasteiger partial charge on any atom is -0.339 e. The number of carbonyl (C=O) groups excluding carboxylic acids is 1. The molecular weight excluding hydrogens is 342 g/mol. The van der Waals surface area contributed by atoms with Crippen molar-refractivity contribution >= 4 is 11.7 Å². The summed E-state index contributed by atoms with van der Waals surface area (Å²) in [5.41, 5.74) is 1.93. The van der Waals surface area contributed by atoms with Crippen LogP contribution < -0.4 is 4.90 Å². The summed E-state index contributed by atoms with van der Waals surface area (Å²) in [5.74, 6) is 2.62. The van der Waals surface area contributed by atoms with E-state index in [0.29, 0.717) is 24.1 Å². The van der Waals surface area contributed by atoms with Crippen LogP contribution in [0.15, 0.2) is 47.4 Å². The van der Waals surface area contributed by atoms with Crippen molar-refractivity contribution < 1.29 is 9.32 Å². The number of anilines is 1. The highest BCUT2D eigenvalue weighted by Gasteiger charge is 2.34. The maximum atomic E-state index is 12.7. The van der Waals surface area contributed by atoms with Gasteiger partial charge in [-0.25, -0.2) is 4.98 Å². The molecule has 0 saturated heterocycles.